The minimum Gasteiger partial charge on any atom is -0.338 e. The normalized spacial score (nSPS) is 20.2. The van der Waals surface area contributed by atoms with Gasteiger partial charge >= 0.3 is 0 Å². The van der Waals surface area contributed by atoms with Gasteiger partial charge in [0.2, 0.25) is 0 Å². The third-order valence-electron chi connectivity index (χ3n) is 5.58. The van der Waals surface area contributed by atoms with E-state index in [1.54, 1.807) is 11.8 Å². The summed E-state index contributed by atoms with van der Waals surface area (Å²) in [6.07, 6.45) is 4.08. The summed E-state index contributed by atoms with van der Waals surface area (Å²) in [6, 6.07) is 14.0. The van der Waals surface area contributed by atoms with E-state index >= 15 is 0 Å². The molecule has 5 rings (SSSR count). The fourth-order valence-electron chi connectivity index (χ4n) is 4.11. The fourth-order valence-corrected chi connectivity index (χ4v) is 4.89. The van der Waals surface area contributed by atoms with Gasteiger partial charge in [-0.3, -0.25) is 4.79 Å². The molecule has 0 aliphatic carbocycles. The van der Waals surface area contributed by atoms with Crippen molar-refractivity contribution in [1.82, 2.24) is 19.6 Å². The van der Waals surface area contributed by atoms with Gasteiger partial charge in [0.15, 0.2) is 0 Å². The molecule has 2 fully saturated rings. The Kier molecular flexibility index (Phi) is 7.11. The van der Waals surface area contributed by atoms with E-state index in [9.17, 15) is 4.79 Å². The molecule has 1 N–H and O–H groups in total. The Bertz CT molecular complexity index is 933. The number of rotatable bonds is 4. The SMILES string of the molecule is Cl.Cl.O=C(c1ccc(SCc2cn3ccccc3n2)cc1)N1C[C@H]2CNC[C@H]2C1. The van der Waals surface area contributed by atoms with E-state index < -0.39 is 0 Å². The van der Waals surface area contributed by atoms with Gasteiger partial charge in [0.25, 0.3) is 5.91 Å². The zero-order valence-electron chi connectivity index (χ0n) is 15.9. The monoisotopic (exact) mass is 450 g/mol. The maximum Gasteiger partial charge on any atom is 0.253 e. The first-order valence-corrected chi connectivity index (χ1v) is 10.4. The Morgan fingerprint density at radius 2 is 1.79 bits per heavy atom. The predicted molar refractivity (Wildman–Crippen MR) is 121 cm³/mol. The Labute approximate surface area is 187 Å². The zero-order chi connectivity index (χ0) is 18.2. The standard InChI is InChI=1S/C21H22N4OS.2ClH/c26-21(25-11-16-9-22-10-17(16)12-25)15-4-6-19(7-5-15)27-14-18-13-24-8-2-1-3-20(24)23-18;;/h1-8,13,16-17,22H,9-12,14H2;2*1H/t16-,17+;;. The van der Waals surface area contributed by atoms with Gasteiger partial charge in [-0.2, -0.15) is 0 Å². The van der Waals surface area contributed by atoms with Crippen LogP contribution in [-0.2, 0) is 5.75 Å². The highest BCUT2D eigenvalue weighted by Crippen LogP contribution is 2.28. The van der Waals surface area contributed by atoms with Crippen LogP contribution in [0.1, 0.15) is 16.1 Å². The van der Waals surface area contributed by atoms with E-state index in [1.807, 2.05) is 58.0 Å². The van der Waals surface area contributed by atoms with Gasteiger partial charge in [-0.1, -0.05) is 6.07 Å². The summed E-state index contributed by atoms with van der Waals surface area (Å²) in [5.74, 6) is 2.25. The van der Waals surface area contributed by atoms with Crippen LogP contribution in [-0.4, -0.2) is 46.4 Å². The average molecular weight is 451 g/mol. The highest BCUT2D eigenvalue weighted by molar-refractivity contribution is 7.98. The van der Waals surface area contributed by atoms with Crippen LogP contribution in [0.15, 0.2) is 59.8 Å². The Morgan fingerprint density at radius 3 is 2.48 bits per heavy atom. The summed E-state index contributed by atoms with van der Waals surface area (Å²) in [5, 5.41) is 3.42. The number of amides is 1. The van der Waals surface area contributed by atoms with E-state index in [2.05, 4.69) is 16.5 Å². The first-order valence-electron chi connectivity index (χ1n) is 9.42. The van der Waals surface area contributed by atoms with Crippen LogP contribution < -0.4 is 5.32 Å². The van der Waals surface area contributed by atoms with E-state index in [0.29, 0.717) is 11.8 Å². The lowest BCUT2D eigenvalue weighted by Crippen LogP contribution is -2.31. The van der Waals surface area contributed by atoms with Crippen molar-refractivity contribution >= 4 is 48.1 Å². The Morgan fingerprint density at radius 1 is 1.07 bits per heavy atom. The van der Waals surface area contributed by atoms with Crippen LogP contribution in [0.4, 0.5) is 0 Å². The molecule has 2 aliphatic rings. The molecule has 2 saturated heterocycles. The van der Waals surface area contributed by atoms with Crippen LogP contribution in [0.5, 0.6) is 0 Å². The highest BCUT2D eigenvalue weighted by Gasteiger charge is 2.38. The number of carbonyl (C=O) groups excluding carboxylic acids is 1. The largest absolute Gasteiger partial charge is 0.338 e. The Hall–Kier alpha value is -1.73. The number of likely N-dealkylation sites (tertiary alicyclic amines) is 1. The number of hydrogen-bond acceptors (Lipinski definition) is 4. The van der Waals surface area contributed by atoms with Gasteiger partial charge in [-0.05, 0) is 48.2 Å². The van der Waals surface area contributed by atoms with Crippen molar-refractivity contribution in [2.24, 2.45) is 11.8 Å². The van der Waals surface area contributed by atoms with Crippen LogP contribution >= 0.6 is 36.6 Å². The molecule has 2 aliphatic heterocycles. The van der Waals surface area contributed by atoms with Crippen molar-refractivity contribution in [3.63, 3.8) is 0 Å². The third kappa shape index (κ3) is 4.56. The molecule has 0 radical (unpaired) electrons. The van der Waals surface area contributed by atoms with E-state index in [0.717, 1.165) is 53.7 Å². The molecule has 2 atom stereocenters. The molecule has 2 aromatic heterocycles. The summed E-state index contributed by atoms with van der Waals surface area (Å²) < 4.78 is 2.04. The van der Waals surface area contributed by atoms with Gasteiger partial charge in [0.05, 0.1) is 5.69 Å². The number of fused-ring (bicyclic) bond motifs is 2. The molecule has 0 spiro atoms. The molecule has 0 bridgehead atoms. The number of hydrogen-bond donors (Lipinski definition) is 1. The molecule has 4 heterocycles. The lowest BCUT2D eigenvalue weighted by molar-refractivity contribution is 0.0781. The maximum atomic E-state index is 12.8. The number of benzene rings is 1. The van der Waals surface area contributed by atoms with Crippen molar-refractivity contribution in [1.29, 1.82) is 0 Å². The molecule has 0 unspecified atom stereocenters. The number of imidazole rings is 1. The van der Waals surface area contributed by atoms with Crippen LogP contribution in [0.25, 0.3) is 5.65 Å². The lowest BCUT2D eigenvalue weighted by Gasteiger charge is -2.17. The number of pyridine rings is 1. The lowest BCUT2D eigenvalue weighted by atomic mass is 10.0. The molecule has 1 aromatic carbocycles. The van der Waals surface area contributed by atoms with Crippen molar-refractivity contribution < 1.29 is 4.79 Å². The fraction of sp³-hybridized carbons (Fsp3) is 0.333. The molecule has 5 nitrogen and oxygen atoms in total. The number of aromatic nitrogens is 2. The van der Waals surface area contributed by atoms with Gasteiger partial charge in [-0.15, -0.1) is 36.6 Å². The van der Waals surface area contributed by atoms with Crippen LogP contribution in [0.2, 0.25) is 0 Å². The van der Waals surface area contributed by atoms with Gasteiger partial charge in [-0.25, -0.2) is 4.98 Å². The zero-order valence-corrected chi connectivity index (χ0v) is 18.3. The van der Waals surface area contributed by atoms with Gasteiger partial charge < -0.3 is 14.6 Å². The number of thioether (sulfide) groups is 1. The quantitative estimate of drug-likeness (QED) is 0.614. The summed E-state index contributed by atoms with van der Waals surface area (Å²) in [7, 11) is 0. The van der Waals surface area contributed by atoms with E-state index in [1.165, 1.54) is 0 Å². The molecular formula is C21H24Cl2N4OS. The maximum absolute atomic E-state index is 12.8. The molecule has 29 heavy (non-hydrogen) atoms. The summed E-state index contributed by atoms with van der Waals surface area (Å²) >= 11 is 1.75. The number of halogens is 2. The second-order valence-corrected chi connectivity index (χ2v) is 8.45. The first-order chi connectivity index (χ1) is 13.3. The van der Waals surface area contributed by atoms with Crippen LogP contribution in [0, 0.1) is 11.8 Å². The van der Waals surface area contributed by atoms with Gasteiger partial charge in [0, 0.05) is 54.8 Å². The molecule has 8 heteroatoms. The smallest absolute Gasteiger partial charge is 0.253 e. The first kappa shape index (κ1) is 22.0. The molecule has 1 amide bonds. The molecule has 0 saturated carbocycles. The van der Waals surface area contributed by atoms with Crippen molar-refractivity contribution in [3.8, 4) is 0 Å². The predicted octanol–water partition coefficient (Wildman–Crippen LogP) is 3.76. The summed E-state index contributed by atoms with van der Waals surface area (Å²) in [6.45, 7) is 3.88. The van der Waals surface area contributed by atoms with Crippen molar-refractivity contribution in [3.05, 3.63) is 66.1 Å². The minimum atomic E-state index is 0. The summed E-state index contributed by atoms with van der Waals surface area (Å²) in [4.78, 5) is 20.6. The average Bonchev–Trinajstić information content (AvgIpc) is 3.40. The van der Waals surface area contributed by atoms with E-state index in [4.69, 9.17) is 0 Å². The number of nitrogens with zero attached hydrogens (tertiary/aromatic N) is 3. The number of carbonyl (C=O) groups is 1. The molecule has 154 valence electrons. The second-order valence-electron chi connectivity index (χ2n) is 7.40. The van der Waals surface area contributed by atoms with E-state index in [-0.39, 0.29) is 30.7 Å². The second kappa shape index (κ2) is 9.39. The van der Waals surface area contributed by atoms with Gasteiger partial charge in [0.1, 0.15) is 5.65 Å². The minimum absolute atomic E-state index is 0. The molecular weight excluding hydrogens is 427 g/mol. The summed E-state index contributed by atoms with van der Waals surface area (Å²) in [5.41, 5.74) is 2.82. The van der Waals surface area contributed by atoms with Crippen molar-refractivity contribution in [2.45, 2.75) is 10.6 Å². The Balaban J connectivity index is 0.00000120. The molecule has 3 aromatic rings. The number of nitrogens with one attached hydrogen (secondary N) is 1. The highest BCUT2D eigenvalue weighted by atomic mass is 35.5. The van der Waals surface area contributed by atoms with Crippen LogP contribution in [0.3, 0.4) is 0 Å². The van der Waals surface area contributed by atoms with Crippen molar-refractivity contribution in [2.75, 3.05) is 26.2 Å². The topological polar surface area (TPSA) is 49.6 Å². The third-order valence-corrected chi connectivity index (χ3v) is 6.62.